The Balaban J connectivity index is 1.80. The second-order valence-corrected chi connectivity index (χ2v) is 4.93. The zero-order chi connectivity index (χ0) is 13.8. The van der Waals surface area contributed by atoms with Gasteiger partial charge in [-0.15, -0.1) is 0 Å². The van der Waals surface area contributed by atoms with Gasteiger partial charge in [-0.2, -0.15) is 0 Å². The summed E-state index contributed by atoms with van der Waals surface area (Å²) in [7, 11) is 1.68. The van der Waals surface area contributed by atoms with Gasteiger partial charge in [-0.05, 0) is 26.2 Å². The highest BCUT2D eigenvalue weighted by Crippen LogP contribution is 2.10. The first-order chi connectivity index (χ1) is 9.33. The predicted molar refractivity (Wildman–Crippen MR) is 74.6 cm³/mol. The third-order valence-corrected chi connectivity index (χ3v) is 3.09. The van der Waals surface area contributed by atoms with E-state index in [4.69, 9.17) is 18.9 Å². The molecule has 0 amide bonds. The van der Waals surface area contributed by atoms with Crippen molar-refractivity contribution in [3.8, 4) is 0 Å². The molecule has 1 aliphatic rings. The van der Waals surface area contributed by atoms with Gasteiger partial charge in [-0.3, -0.25) is 0 Å². The maximum Gasteiger partial charge on any atom is 0.0700 e. The standard InChI is InChI=1S/C14H29NO4/c1-13(11-15-12-14-5-3-7-19-14)18-8-4-6-17-10-9-16-2/h13-15H,3-12H2,1-2H3. The van der Waals surface area contributed by atoms with Crippen molar-refractivity contribution in [3.05, 3.63) is 0 Å². The highest BCUT2D eigenvalue weighted by atomic mass is 16.5. The molecule has 0 saturated carbocycles. The van der Waals surface area contributed by atoms with Crippen LogP contribution in [-0.2, 0) is 18.9 Å². The van der Waals surface area contributed by atoms with Crippen LogP contribution in [0.3, 0.4) is 0 Å². The second-order valence-electron chi connectivity index (χ2n) is 4.93. The zero-order valence-electron chi connectivity index (χ0n) is 12.4. The number of ether oxygens (including phenoxy) is 4. The lowest BCUT2D eigenvalue weighted by molar-refractivity contribution is 0.0288. The van der Waals surface area contributed by atoms with Gasteiger partial charge < -0.3 is 24.3 Å². The molecule has 114 valence electrons. The van der Waals surface area contributed by atoms with Crippen molar-refractivity contribution in [3.63, 3.8) is 0 Å². The Morgan fingerprint density at radius 3 is 2.89 bits per heavy atom. The van der Waals surface area contributed by atoms with Gasteiger partial charge in [0, 0.05) is 40.0 Å². The van der Waals surface area contributed by atoms with Gasteiger partial charge >= 0.3 is 0 Å². The lowest BCUT2D eigenvalue weighted by Gasteiger charge is -2.16. The summed E-state index contributed by atoms with van der Waals surface area (Å²) < 4.78 is 21.5. The predicted octanol–water partition coefficient (Wildman–Crippen LogP) is 1.21. The highest BCUT2D eigenvalue weighted by molar-refractivity contribution is 4.68. The molecule has 0 radical (unpaired) electrons. The van der Waals surface area contributed by atoms with Gasteiger partial charge in [-0.1, -0.05) is 0 Å². The van der Waals surface area contributed by atoms with Crippen LogP contribution in [-0.4, -0.2) is 65.4 Å². The van der Waals surface area contributed by atoms with Crippen molar-refractivity contribution in [2.45, 2.75) is 38.4 Å². The Bertz CT molecular complexity index is 198. The number of hydrogen-bond acceptors (Lipinski definition) is 5. The van der Waals surface area contributed by atoms with Crippen LogP contribution in [0, 0.1) is 0 Å². The second kappa shape index (κ2) is 11.6. The fourth-order valence-corrected chi connectivity index (χ4v) is 2.00. The van der Waals surface area contributed by atoms with Gasteiger partial charge in [0.1, 0.15) is 0 Å². The molecule has 1 fully saturated rings. The number of hydrogen-bond donors (Lipinski definition) is 1. The summed E-state index contributed by atoms with van der Waals surface area (Å²) in [6.07, 6.45) is 3.95. The minimum absolute atomic E-state index is 0.236. The van der Waals surface area contributed by atoms with E-state index in [1.54, 1.807) is 7.11 Å². The van der Waals surface area contributed by atoms with Crippen molar-refractivity contribution in [1.29, 1.82) is 0 Å². The van der Waals surface area contributed by atoms with Gasteiger partial charge in [0.15, 0.2) is 0 Å². The van der Waals surface area contributed by atoms with E-state index in [1.165, 1.54) is 12.8 Å². The van der Waals surface area contributed by atoms with Crippen molar-refractivity contribution in [1.82, 2.24) is 5.32 Å². The summed E-state index contributed by atoms with van der Waals surface area (Å²) in [5.74, 6) is 0. The molecule has 1 heterocycles. The summed E-state index contributed by atoms with van der Waals surface area (Å²) in [5.41, 5.74) is 0. The zero-order valence-corrected chi connectivity index (χ0v) is 12.4. The molecular weight excluding hydrogens is 246 g/mol. The Labute approximate surface area is 116 Å². The molecule has 2 atom stereocenters. The van der Waals surface area contributed by atoms with Crippen LogP contribution in [0.4, 0.5) is 0 Å². The fraction of sp³-hybridized carbons (Fsp3) is 1.00. The van der Waals surface area contributed by atoms with Crippen molar-refractivity contribution in [2.24, 2.45) is 0 Å². The summed E-state index contributed by atoms with van der Waals surface area (Å²) in [5, 5.41) is 3.40. The van der Waals surface area contributed by atoms with E-state index in [2.05, 4.69) is 12.2 Å². The van der Waals surface area contributed by atoms with Crippen LogP contribution in [0.1, 0.15) is 26.2 Å². The van der Waals surface area contributed by atoms with Crippen LogP contribution in [0.15, 0.2) is 0 Å². The van der Waals surface area contributed by atoms with Gasteiger partial charge in [-0.25, -0.2) is 0 Å². The molecule has 1 saturated heterocycles. The van der Waals surface area contributed by atoms with Crippen LogP contribution in [0.5, 0.6) is 0 Å². The van der Waals surface area contributed by atoms with E-state index in [1.807, 2.05) is 0 Å². The third-order valence-electron chi connectivity index (χ3n) is 3.09. The van der Waals surface area contributed by atoms with Crippen LogP contribution >= 0.6 is 0 Å². The molecule has 0 aromatic carbocycles. The normalized spacial score (nSPS) is 20.8. The number of rotatable bonds is 12. The van der Waals surface area contributed by atoms with Crippen molar-refractivity contribution >= 4 is 0 Å². The average molecular weight is 275 g/mol. The van der Waals surface area contributed by atoms with E-state index in [-0.39, 0.29) is 6.10 Å². The van der Waals surface area contributed by atoms with Gasteiger partial charge in [0.05, 0.1) is 25.4 Å². The maximum absolute atomic E-state index is 5.70. The topological polar surface area (TPSA) is 49.0 Å². The fourth-order valence-electron chi connectivity index (χ4n) is 2.00. The molecule has 5 nitrogen and oxygen atoms in total. The lowest BCUT2D eigenvalue weighted by atomic mass is 10.2. The van der Waals surface area contributed by atoms with Crippen LogP contribution in [0.25, 0.3) is 0 Å². The van der Waals surface area contributed by atoms with Crippen LogP contribution in [0.2, 0.25) is 0 Å². The molecule has 1 aliphatic heterocycles. The SMILES string of the molecule is COCCOCCCOC(C)CNCC1CCCO1. The summed E-state index contributed by atoms with van der Waals surface area (Å²) in [6, 6.07) is 0. The largest absolute Gasteiger partial charge is 0.382 e. The maximum atomic E-state index is 5.70. The minimum Gasteiger partial charge on any atom is -0.382 e. The van der Waals surface area contributed by atoms with E-state index in [0.29, 0.717) is 19.3 Å². The van der Waals surface area contributed by atoms with Gasteiger partial charge in [0.25, 0.3) is 0 Å². The number of nitrogens with one attached hydrogen (secondary N) is 1. The summed E-state index contributed by atoms with van der Waals surface area (Å²) in [6.45, 7) is 7.63. The quantitative estimate of drug-likeness (QED) is 0.543. The molecule has 1 rings (SSSR count). The van der Waals surface area contributed by atoms with Crippen molar-refractivity contribution < 1.29 is 18.9 Å². The summed E-state index contributed by atoms with van der Waals surface area (Å²) in [4.78, 5) is 0. The van der Waals surface area contributed by atoms with E-state index in [9.17, 15) is 0 Å². The highest BCUT2D eigenvalue weighted by Gasteiger charge is 2.14. The van der Waals surface area contributed by atoms with E-state index in [0.717, 1.165) is 39.3 Å². The Hall–Kier alpha value is -0.200. The molecule has 0 aromatic rings. The molecule has 5 heteroatoms. The third kappa shape index (κ3) is 9.35. The molecule has 1 N–H and O–H groups in total. The molecule has 0 aliphatic carbocycles. The minimum atomic E-state index is 0.236. The van der Waals surface area contributed by atoms with E-state index >= 15 is 0 Å². The monoisotopic (exact) mass is 275 g/mol. The Morgan fingerprint density at radius 2 is 2.16 bits per heavy atom. The number of methoxy groups -OCH3 is 1. The Kier molecular flexibility index (Phi) is 10.3. The molecular formula is C14H29NO4. The molecule has 0 aromatic heterocycles. The first-order valence-corrected chi connectivity index (χ1v) is 7.33. The van der Waals surface area contributed by atoms with Gasteiger partial charge in [0.2, 0.25) is 0 Å². The molecule has 0 spiro atoms. The van der Waals surface area contributed by atoms with E-state index < -0.39 is 0 Å². The molecule has 0 bridgehead atoms. The smallest absolute Gasteiger partial charge is 0.0700 e. The Morgan fingerprint density at radius 1 is 1.26 bits per heavy atom. The molecule has 19 heavy (non-hydrogen) atoms. The first-order valence-electron chi connectivity index (χ1n) is 7.33. The summed E-state index contributed by atoms with van der Waals surface area (Å²) >= 11 is 0. The lowest BCUT2D eigenvalue weighted by Crippen LogP contribution is -2.33. The van der Waals surface area contributed by atoms with Crippen LogP contribution < -0.4 is 5.32 Å². The van der Waals surface area contributed by atoms with Crippen molar-refractivity contribution in [2.75, 3.05) is 53.2 Å². The average Bonchev–Trinajstić information content (AvgIpc) is 2.91. The first kappa shape index (κ1) is 16.9. The molecule has 2 unspecified atom stereocenters.